The number of hydrogen-bond acceptors (Lipinski definition) is 2. The molecular weight excluding hydrogens is 252 g/mol. The second-order valence-electron chi connectivity index (χ2n) is 6.86. The van der Waals surface area contributed by atoms with E-state index in [4.69, 9.17) is 0 Å². The molecule has 0 saturated heterocycles. The van der Waals surface area contributed by atoms with Crippen molar-refractivity contribution in [2.24, 2.45) is 23.7 Å². The fraction of sp³-hybridized carbons (Fsp3) is 0.625. The van der Waals surface area contributed by atoms with Crippen LogP contribution >= 0.6 is 0 Å². The predicted molar refractivity (Wildman–Crippen MR) is 75.4 cm³/mol. The Hall–Kier alpha value is -1.58. The molecule has 1 aromatic rings. The molecule has 4 bridgehead atoms. The summed E-state index contributed by atoms with van der Waals surface area (Å²) < 4.78 is 0. The van der Waals surface area contributed by atoms with Crippen molar-refractivity contribution in [2.75, 3.05) is 0 Å². The van der Waals surface area contributed by atoms with Gasteiger partial charge in [0.15, 0.2) is 0 Å². The highest BCUT2D eigenvalue weighted by atomic mass is 16.2. The smallest absolute Gasteiger partial charge is 0.268 e. The lowest BCUT2D eigenvalue weighted by Crippen LogP contribution is -2.56. The van der Waals surface area contributed by atoms with Crippen LogP contribution in [0.2, 0.25) is 0 Å². The molecule has 4 saturated carbocycles. The topological polar surface area (TPSA) is 62.0 Å². The van der Waals surface area contributed by atoms with E-state index < -0.39 is 0 Å². The summed E-state index contributed by atoms with van der Waals surface area (Å²) in [5.41, 5.74) is 0.161. The molecule has 0 atom stereocenters. The van der Waals surface area contributed by atoms with Crippen molar-refractivity contribution in [3.8, 4) is 0 Å². The van der Waals surface area contributed by atoms with Gasteiger partial charge in [0, 0.05) is 12.1 Å². The van der Waals surface area contributed by atoms with Gasteiger partial charge in [-0.25, -0.2) is 0 Å². The molecule has 4 aliphatic carbocycles. The highest BCUT2D eigenvalue weighted by molar-refractivity contribution is 5.92. The Kier molecular flexibility index (Phi) is 2.72. The minimum atomic E-state index is -0.220. The van der Waals surface area contributed by atoms with E-state index in [1.165, 1.54) is 38.2 Å². The van der Waals surface area contributed by atoms with Crippen LogP contribution in [0.5, 0.6) is 0 Å². The van der Waals surface area contributed by atoms with Crippen molar-refractivity contribution in [3.05, 3.63) is 34.2 Å². The first-order chi connectivity index (χ1) is 9.69. The zero-order valence-corrected chi connectivity index (χ0v) is 11.5. The largest absolute Gasteiger partial charge is 0.347 e. The molecule has 106 valence electrons. The number of aromatic nitrogens is 1. The molecule has 1 aromatic heterocycles. The van der Waals surface area contributed by atoms with Crippen LogP contribution in [-0.4, -0.2) is 16.9 Å². The summed E-state index contributed by atoms with van der Waals surface area (Å²) in [6.45, 7) is 0. The van der Waals surface area contributed by atoms with Crippen LogP contribution in [0.3, 0.4) is 0 Å². The highest BCUT2D eigenvalue weighted by Gasteiger charge is 2.48. The maximum absolute atomic E-state index is 12.3. The van der Waals surface area contributed by atoms with Gasteiger partial charge in [0.1, 0.15) is 5.69 Å². The first-order valence-electron chi connectivity index (χ1n) is 7.69. The molecule has 1 heterocycles. The van der Waals surface area contributed by atoms with Crippen molar-refractivity contribution in [1.29, 1.82) is 0 Å². The molecule has 2 N–H and O–H groups in total. The van der Waals surface area contributed by atoms with E-state index in [9.17, 15) is 9.59 Å². The summed E-state index contributed by atoms with van der Waals surface area (Å²) >= 11 is 0. The zero-order valence-electron chi connectivity index (χ0n) is 11.5. The lowest BCUT2D eigenvalue weighted by Gasteiger charge is -2.54. The summed E-state index contributed by atoms with van der Waals surface area (Å²) in [5.74, 6) is 3.00. The minimum Gasteiger partial charge on any atom is -0.347 e. The lowest BCUT2D eigenvalue weighted by molar-refractivity contribution is -0.0120. The van der Waals surface area contributed by atoms with E-state index in [0.29, 0.717) is 23.6 Å². The van der Waals surface area contributed by atoms with Crippen molar-refractivity contribution in [2.45, 2.75) is 38.1 Å². The maximum atomic E-state index is 12.3. The van der Waals surface area contributed by atoms with Crippen LogP contribution in [0.15, 0.2) is 23.0 Å². The normalized spacial score (nSPS) is 37.9. The highest BCUT2D eigenvalue weighted by Crippen LogP contribution is 2.53. The molecule has 4 fully saturated rings. The van der Waals surface area contributed by atoms with Crippen molar-refractivity contribution in [3.63, 3.8) is 0 Å². The Morgan fingerprint density at radius 3 is 2.30 bits per heavy atom. The van der Waals surface area contributed by atoms with Gasteiger partial charge >= 0.3 is 0 Å². The third-order valence-corrected chi connectivity index (χ3v) is 5.54. The molecule has 0 unspecified atom stereocenters. The third-order valence-electron chi connectivity index (χ3n) is 5.54. The standard InChI is InChI=1S/C16H20N2O2/c19-14-3-1-2-13(17-14)16(20)18-15-11-5-9-4-10(7-11)8-12(15)6-9/h1-3,9-12,15H,4-8H2,(H,17,19)(H,18,20). The van der Waals surface area contributed by atoms with Crippen LogP contribution in [0.25, 0.3) is 0 Å². The Balaban J connectivity index is 1.52. The van der Waals surface area contributed by atoms with Gasteiger partial charge in [0.05, 0.1) is 0 Å². The number of H-pyrrole nitrogens is 1. The first-order valence-corrected chi connectivity index (χ1v) is 7.69. The minimum absolute atomic E-state index is 0.125. The summed E-state index contributed by atoms with van der Waals surface area (Å²) in [6, 6.07) is 5.05. The van der Waals surface area contributed by atoms with E-state index in [1.807, 2.05) is 0 Å². The Morgan fingerprint density at radius 1 is 1.05 bits per heavy atom. The lowest BCUT2D eigenvalue weighted by atomic mass is 9.54. The van der Waals surface area contributed by atoms with Crippen molar-refractivity contribution < 1.29 is 4.79 Å². The molecule has 4 aliphatic rings. The summed E-state index contributed by atoms with van der Waals surface area (Å²) in [5, 5.41) is 3.20. The van der Waals surface area contributed by atoms with Gasteiger partial charge in [-0.3, -0.25) is 9.59 Å². The first kappa shape index (κ1) is 12.2. The van der Waals surface area contributed by atoms with Crippen LogP contribution < -0.4 is 10.9 Å². The molecule has 1 amide bonds. The molecule has 0 spiro atoms. The van der Waals surface area contributed by atoms with Crippen LogP contribution in [0.4, 0.5) is 0 Å². The SMILES string of the molecule is O=C(NC1C2CC3CC(C2)CC1C3)c1cccc(=O)[nH]1. The molecule has 0 aromatic carbocycles. The van der Waals surface area contributed by atoms with E-state index >= 15 is 0 Å². The molecule has 5 rings (SSSR count). The quantitative estimate of drug-likeness (QED) is 0.864. The number of amides is 1. The van der Waals surface area contributed by atoms with Crippen LogP contribution in [0, 0.1) is 23.7 Å². The van der Waals surface area contributed by atoms with Gasteiger partial charge in [0.25, 0.3) is 5.91 Å². The third kappa shape index (κ3) is 1.98. The van der Waals surface area contributed by atoms with Gasteiger partial charge < -0.3 is 10.3 Å². The van der Waals surface area contributed by atoms with E-state index in [-0.39, 0.29) is 11.5 Å². The fourth-order valence-corrected chi connectivity index (χ4v) is 4.97. The number of aromatic amines is 1. The number of carbonyl (C=O) groups excluding carboxylic acids is 1. The van der Waals surface area contributed by atoms with E-state index in [0.717, 1.165) is 11.8 Å². The van der Waals surface area contributed by atoms with E-state index in [1.54, 1.807) is 12.1 Å². The molecule has 4 heteroatoms. The number of pyridine rings is 1. The maximum Gasteiger partial charge on any atom is 0.268 e. The van der Waals surface area contributed by atoms with Crippen LogP contribution in [0.1, 0.15) is 42.6 Å². The van der Waals surface area contributed by atoms with E-state index in [2.05, 4.69) is 10.3 Å². The van der Waals surface area contributed by atoms with Gasteiger partial charge in [-0.15, -0.1) is 0 Å². The Labute approximate surface area is 118 Å². The van der Waals surface area contributed by atoms with Gasteiger partial charge in [-0.05, 0) is 61.8 Å². The molecule has 0 radical (unpaired) electrons. The Morgan fingerprint density at radius 2 is 1.70 bits per heavy atom. The summed E-state index contributed by atoms with van der Waals surface area (Å²) in [4.78, 5) is 26.2. The molecule has 4 nitrogen and oxygen atoms in total. The second-order valence-corrected chi connectivity index (χ2v) is 6.86. The summed E-state index contributed by atoms with van der Waals surface area (Å²) in [6.07, 6.45) is 6.54. The average molecular weight is 272 g/mol. The predicted octanol–water partition coefficient (Wildman–Crippen LogP) is 1.93. The molecular formula is C16H20N2O2. The molecule has 0 aliphatic heterocycles. The Bertz CT molecular complexity index is 564. The number of hydrogen-bond donors (Lipinski definition) is 2. The average Bonchev–Trinajstić information content (AvgIpc) is 2.42. The number of rotatable bonds is 2. The van der Waals surface area contributed by atoms with Crippen molar-refractivity contribution >= 4 is 5.91 Å². The fourth-order valence-electron chi connectivity index (χ4n) is 4.97. The van der Waals surface area contributed by atoms with Crippen molar-refractivity contribution in [1.82, 2.24) is 10.3 Å². The number of carbonyl (C=O) groups is 1. The molecule has 20 heavy (non-hydrogen) atoms. The number of nitrogens with one attached hydrogen (secondary N) is 2. The summed E-state index contributed by atoms with van der Waals surface area (Å²) in [7, 11) is 0. The van der Waals surface area contributed by atoms with Gasteiger partial charge in [-0.1, -0.05) is 6.07 Å². The zero-order chi connectivity index (χ0) is 13.7. The second kappa shape index (κ2) is 4.47. The van der Waals surface area contributed by atoms with Gasteiger partial charge in [0.2, 0.25) is 5.56 Å². The van der Waals surface area contributed by atoms with Gasteiger partial charge in [-0.2, -0.15) is 0 Å². The monoisotopic (exact) mass is 272 g/mol. The van der Waals surface area contributed by atoms with Crippen LogP contribution in [-0.2, 0) is 0 Å².